The molecule has 0 bridgehead atoms. The van der Waals surface area contributed by atoms with Crippen LogP contribution in [0.25, 0.3) is 0 Å². The standard InChI is InChI=1S/C19H21FN6.2C2HF3O2/c20-17-4-1-3-15(9-17)11-25-12-16(10-23-19-21-6-2-7-22-19)13-26-18(14-25)5-8-24-26;2*3-2(4,5)1(6)7/h1-9,16H,10-14H2,(H,21,22,23);2*(H,6,7). The summed E-state index contributed by atoms with van der Waals surface area (Å²) in [5, 5.41) is 22.0. The number of rotatable bonds is 5. The summed E-state index contributed by atoms with van der Waals surface area (Å²) in [5.74, 6) is -4.73. The number of carboxylic acid groups (broad SMARTS) is 2. The van der Waals surface area contributed by atoms with Crippen LogP contribution in [0.2, 0.25) is 0 Å². The van der Waals surface area contributed by atoms with Crippen molar-refractivity contribution in [2.24, 2.45) is 5.92 Å². The summed E-state index contributed by atoms with van der Waals surface area (Å²) >= 11 is 0. The molecule has 17 heteroatoms. The van der Waals surface area contributed by atoms with Crippen molar-refractivity contribution < 1.29 is 50.5 Å². The Morgan fingerprint density at radius 3 is 2.08 bits per heavy atom. The number of hydrogen-bond acceptors (Lipinski definition) is 7. The van der Waals surface area contributed by atoms with Gasteiger partial charge in [-0.2, -0.15) is 31.4 Å². The van der Waals surface area contributed by atoms with Gasteiger partial charge in [-0.3, -0.25) is 9.58 Å². The molecule has 0 fully saturated rings. The molecule has 3 N–H and O–H groups in total. The van der Waals surface area contributed by atoms with Gasteiger partial charge in [-0.05, 0) is 29.8 Å². The van der Waals surface area contributed by atoms with E-state index >= 15 is 0 Å². The van der Waals surface area contributed by atoms with E-state index in [9.17, 15) is 30.7 Å². The second-order valence-corrected chi connectivity index (χ2v) is 8.23. The van der Waals surface area contributed by atoms with Crippen LogP contribution in [0.1, 0.15) is 11.3 Å². The number of alkyl halides is 6. The van der Waals surface area contributed by atoms with Crippen LogP contribution in [0.5, 0.6) is 0 Å². The first kappa shape index (κ1) is 31.9. The lowest BCUT2D eigenvalue weighted by Crippen LogP contribution is -2.31. The number of aromatic nitrogens is 4. The lowest BCUT2D eigenvalue weighted by atomic mass is 10.1. The molecule has 1 aromatic carbocycles. The van der Waals surface area contributed by atoms with Gasteiger partial charge in [0.15, 0.2) is 0 Å². The number of nitrogens with zero attached hydrogens (tertiary/aromatic N) is 5. The molecule has 1 unspecified atom stereocenters. The number of fused-ring (bicyclic) bond motifs is 1. The molecule has 4 rings (SSSR count). The van der Waals surface area contributed by atoms with Crippen LogP contribution in [-0.2, 0) is 29.2 Å². The first-order chi connectivity index (χ1) is 18.6. The smallest absolute Gasteiger partial charge is 0.475 e. The van der Waals surface area contributed by atoms with Crippen molar-refractivity contribution in [1.29, 1.82) is 0 Å². The number of benzene rings is 1. The van der Waals surface area contributed by atoms with Gasteiger partial charge in [0, 0.05) is 57.2 Å². The molecule has 2 aromatic heterocycles. The molecule has 0 amide bonds. The number of halogens is 7. The lowest BCUT2D eigenvalue weighted by Gasteiger charge is -2.24. The molecule has 10 nitrogen and oxygen atoms in total. The van der Waals surface area contributed by atoms with E-state index in [1.54, 1.807) is 30.6 Å². The predicted octanol–water partition coefficient (Wildman–Crippen LogP) is 3.82. The maximum atomic E-state index is 13.5. The van der Waals surface area contributed by atoms with E-state index in [0.717, 1.165) is 31.7 Å². The second-order valence-electron chi connectivity index (χ2n) is 8.23. The first-order valence-corrected chi connectivity index (χ1v) is 11.2. The van der Waals surface area contributed by atoms with Crippen LogP contribution in [-0.4, -0.2) is 72.2 Å². The van der Waals surface area contributed by atoms with E-state index in [1.807, 2.05) is 12.3 Å². The summed E-state index contributed by atoms with van der Waals surface area (Å²) in [4.78, 5) is 28.6. The average Bonchev–Trinajstić information content (AvgIpc) is 3.22. The van der Waals surface area contributed by atoms with E-state index in [2.05, 4.69) is 36.0 Å². The Labute approximate surface area is 222 Å². The van der Waals surface area contributed by atoms with Gasteiger partial charge in [0.1, 0.15) is 5.82 Å². The van der Waals surface area contributed by atoms with Crippen molar-refractivity contribution in [3.63, 3.8) is 0 Å². The zero-order chi connectivity index (χ0) is 29.9. The maximum Gasteiger partial charge on any atom is 0.490 e. The van der Waals surface area contributed by atoms with Crippen LogP contribution >= 0.6 is 0 Å². The summed E-state index contributed by atoms with van der Waals surface area (Å²) < 4.78 is 79.1. The molecule has 0 saturated heterocycles. The molecule has 0 aliphatic carbocycles. The third kappa shape index (κ3) is 11.2. The van der Waals surface area contributed by atoms with E-state index in [1.165, 1.54) is 11.8 Å². The van der Waals surface area contributed by atoms with Crippen LogP contribution in [0.15, 0.2) is 55.0 Å². The fraction of sp³-hybridized carbons (Fsp3) is 0.348. The van der Waals surface area contributed by atoms with Gasteiger partial charge in [-0.1, -0.05) is 12.1 Å². The largest absolute Gasteiger partial charge is 0.490 e. The predicted molar refractivity (Wildman–Crippen MR) is 124 cm³/mol. The van der Waals surface area contributed by atoms with Crippen LogP contribution < -0.4 is 5.32 Å². The summed E-state index contributed by atoms with van der Waals surface area (Å²) in [6.07, 6.45) is -4.87. The van der Waals surface area contributed by atoms with Gasteiger partial charge in [-0.15, -0.1) is 0 Å². The molecule has 0 radical (unpaired) electrons. The summed E-state index contributed by atoms with van der Waals surface area (Å²) in [7, 11) is 0. The minimum absolute atomic E-state index is 0.193. The molecular formula is C23H23F7N6O4. The molecule has 3 heterocycles. The summed E-state index contributed by atoms with van der Waals surface area (Å²) in [6, 6.07) is 10.7. The minimum atomic E-state index is -5.08. The highest BCUT2D eigenvalue weighted by Gasteiger charge is 2.38. The van der Waals surface area contributed by atoms with E-state index in [0.29, 0.717) is 18.4 Å². The highest BCUT2D eigenvalue weighted by atomic mass is 19.4. The average molecular weight is 580 g/mol. The molecule has 1 aliphatic rings. The normalized spacial score (nSPS) is 15.3. The third-order valence-electron chi connectivity index (χ3n) is 5.03. The van der Waals surface area contributed by atoms with Crippen molar-refractivity contribution >= 4 is 17.9 Å². The lowest BCUT2D eigenvalue weighted by molar-refractivity contribution is -0.193. The topological polar surface area (TPSA) is 133 Å². The molecule has 0 spiro atoms. The highest BCUT2D eigenvalue weighted by Crippen LogP contribution is 2.19. The van der Waals surface area contributed by atoms with Gasteiger partial charge in [0.25, 0.3) is 0 Å². The second kappa shape index (κ2) is 14.2. The number of carbonyl (C=O) groups is 2. The third-order valence-corrected chi connectivity index (χ3v) is 5.03. The number of aliphatic carboxylic acids is 2. The minimum Gasteiger partial charge on any atom is -0.475 e. The number of hydrogen-bond donors (Lipinski definition) is 3. The molecular weight excluding hydrogens is 557 g/mol. The number of nitrogens with one attached hydrogen (secondary N) is 1. The van der Waals surface area contributed by atoms with Gasteiger partial charge < -0.3 is 15.5 Å². The Kier molecular flexibility index (Phi) is 11.3. The van der Waals surface area contributed by atoms with Gasteiger partial charge in [-0.25, -0.2) is 23.9 Å². The van der Waals surface area contributed by atoms with E-state index < -0.39 is 24.3 Å². The Hall–Kier alpha value is -4.28. The van der Waals surface area contributed by atoms with Crippen molar-refractivity contribution in [1.82, 2.24) is 24.6 Å². The summed E-state index contributed by atoms with van der Waals surface area (Å²) in [5.41, 5.74) is 2.16. The monoisotopic (exact) mass is 580 g/mol. The van der Waals surface area contributed by atoms with Crippen molar-refractivity contribution in [2.75, 3.05) is 18.4 Å². The Morgan fingerprint density at radius 2 is 1.52 bits per heavy atom. The molecule has 40 heavy (non-hydrogen) atoms. The Balaban J connectivity index is 0.000000333. The Bertz CT molecular complexity index is 1210. The number of carboxylic acids is 2. The molecule has 1 aliphatic heterocycles. The quantitative estimate of drug-likeness (QED) is 0.385. The highest BCUT2D eigenvalue weighted by molar-refractivity contribution is 5.73. The van der Waals surface area contributed by atoms with Crippen molar-refractivity contribution in [2.45, 2.75) is 32.0 Å². The molecule has 218 valence electrons. The SMILES string of the molecule is Fc1cccc(CN2Cc3ccnn3CC(CNc3ncccn3)C2)c1.O=C(O)C(F)(F)F.O=C(O)C(F)(F)F. The maximum absolute atomic E-state index is 13.5. The van der Waals surface area contributed by atoms with E-state index in [-0.39, 0.29) is 5.82 Å². The Morgan fingerprint density at radius 1 is 0.925 bits per heavy atom. The van der Waals surface area contributed by atoms with Crippen molar-refractivity contribution in [3.05, 3.63) is 72.1 Å². The van der Waals surface area contributed by atoms with Crippen LogP contribution in [0.4, 0.5) is 36.7 Å². The van der Waals surface area contributed by atoms with Crippen LogP contribution in [0, 0.1) is 11.7 Å². The van der Waals surface area contributed by atoms with E-state index in [4.69, 9.17) is 19.8 Å². The first-order valence-electron chi connectivity index (χ1n) is 11.2. The molecule has 3 aromatic rings. The van der Waals surface area contributed by atoms with Gasteiger partial charge in [0.05, 0.1) is 5.69 Å². The number of anilines is 1. The van der Waals surface area contributed by atoms with Gasteiger partial charge in [0.2, 0.25) is 5.95 Å². The van der Waals surface area contributed by atoms with Crippen LogP contribution in [0.3, 0.4) is 0 Å². The molecule has 1 atom stereocenters. The zero-order valence-corrected chi connectivity index (χ0v) is 20.4. The zero-order valence-electron chi connectivity index (χ0n) is 20.4. The summed E-state index contributed by atoms with van der Waals surface area (Å²) in [6.45, 7) is 3.99. The fourth-order valence-electron chi connectivity index (χ4n) is 3.39. The van der Waals surface area contributed by atoms with Crippen molar-refractivity contribution in [3.8, 4) is 0 Å². The van der Waals surface area contributed by atoms with Gasteiger partial charge >= 0.3 is 24.3 Å². The molecule has 0 saturated carbocycles. The fourth-order valence-corrected chi connectivity index (χ4v) is 3.39.